The molecule has 1 amide bonds. The first kappa shape index (κ1) is 18.7. The number of hydrogen-bond donors (Lipinski definition) is 2. The normalized spacial score (nSPS) is 15.6. The average Bonchev–Trinajstić information content (AvgIpc) is 3.24. The molecule has 1 aromatic carbocycles. The molecule has 6 heteroatoms. The second-order valence-corrected chi connectivity index (χ2v) is 8.40. The summed E-state index contributed by atoms with van der Waals surface area (Å²) in [6, 6.07) is 8.20. The highest BCUT2D eigenvalue weighted by atomic mass is 16.5. The van der Waals surface area contributed by atoms with Gasteiger partial charge in [0, 0.05) is 41.5 Å². The first-order valence-electron chi connectivity index (χ1n) is 9.90. The Kier molecular flexibility index (Phi) is 4.75. The molecule has 0 fully saturated rings. The Morgan fingerprint density at radius 2 is 2.14 bits per heavy atom. The van der Waals surface area contributed by atoms with Crippen LogP contribution >= 0.6 is 0 Å². The van der Waals surface area contributed by atoms with Gasteiger partial charge in [-0.15, -0.1) is 0 Å². The van der Waals surface area contributed by atoms with E-state index >= 15 is 0 Å². The molecule has 4 rings (SSSR count). The van der Waals surface area contributed by atoms with Gasteiger partial charge >= 0.3 is 0 Å². The fraction of sp³-hybridized carbons (Fsp3) is 0.455. The van der Waals surface area contributed by atoms with Gasteiger partial charge in [-0.05, 0) is 49.8 Å². The van der Waals surface area contributed by atoms with Gasteiger partial charge < -0.3 is 14.6 Å². The van der Waals surface area contributed by atoms with Crippen LogP contribution in [0.15, 0.2) is 24.3 Å². The van der Waals surface area contributed by atoms with E-state index in [0.717, 1.165) is 40.8 Å². The van der Waals surface area contributed by atoms with E-state index in [1.807, 2.05) is 19.1 Å². The Morgan fingerprint density at radius 3 is 2.89 bits per heavy atom. The van der Waals surface area contributed by atoms with Crippen molar-refractivity contribution in [3.8, 4) is 11.4 Å². The summed E-state index contributed by atoms with van der Waals surface area (Å²) in [5, 5.41) is 8.99. The van der Waals surface area contributed by atoms with E-state index in [-0.39, 0.29) is 12.5 Å². The minimum absolute atomic E-state index is 0.0416. The van der Waals surface area contributed by atoms with Crippen molar-refractivity contribution in [3.63, 3.8) is 0 Å². The van der Waals surface area contributed by atoms with Crippen molar-refractivity contribution in [1.29, 1.82) is 0 Å². The van der Waals surface area contributed by atoms with Crippen LogP contribution in [0.25, 0.3) is 22.3 Å². The van der Waals surface area contributed by atoms with Crippen LogP contribution < -0.4 is 4.90 Å². The van der Waals surface area contributed by atoms with Crippen molar-refractivity contribution >= 4 is 22.5 Å². The van der Waals surface area contributed by atoms with Gasteiger partial charge in [-0.1, -0.05) is 19.9 Å². The predicted molar refractivity (Wildman–Crippen MR) is 112 cm³/mol. The number of hydrogen-bond acceptors (Lipinski definition) is 3. The van der Waals surface area contributed by atoms with Crippen molar-refractivity contribution < 1.29 is 9.53 Å². The van der Waals surface area contributed by atoms with Gasteiger partial charge in [0.2, 0.25) is 0 Å². The summed E-state index contributed by atoms with van der Waals surface area (Å²) >= 11 is 0. The van der Waals surface area contributed by atoms with Crippen LogP contribution in [0, 0.1) is 5.41 Å². The number of rotatable bonds is 5. The van der Waals surface area contributed by atoms with Crippen molar-refractivity contribution in [3.05, 3.63) is 35.5 Å². The number of ether oxygens (including phenoxy) is 1. The lowest BCUT2D eigenvalue weighted by atomic mass is 9.76. The highest BCUT2D eigenvalue weighted by Gasteiger charge is 2.29. The summed E-state index contributed by atoms with van der Waals surface area (Å²) < 4.78 is 5.01. The first-order valence-corrected chi connectivity index (χ1v) is 9.90. The lowest BCUT2D eigenvalue weighted by Gasteiger charge is -2.28. The minimum Gasteiger partial charge on any atom is -0.375 e. The zero-order valence-corrected chi connectivity index (χ0v) is 17.1. The van der Waals surface area contributed by atoms with Crippen LogP contribution in [0.1, 0.15) is 38.4 Å². The van der Waals surface area contributed by atoms with Gasteiger partial charge in [-0.3, -0.25) is 9.89 Å². The third-order valence-corrected chi connectivity index (χ3v) is 5.72. The maximum atomic E-state index is 12.3. The molecular formula is C22H28N4O2. The number of benzene rings is 1. The number of carbonyl (C=O) groups is 1. The highest BCUT2D eigenvalue weighted by molar-refractivity contribution is 5.97. The van der Waals surface area contributed by atoms with Gasteiger partial charge in [0.1, 0.15) is 12.3 Å². The van der Waals surface area contributed by atoms with Crippen molar-refractivity contribution in [2.75, 3.05) is 25.2 Å². The largest absolute Gasteiger partial charge is 0.375 e. The molecule has 2 N–H and O–H groups in total. The molecule has 0 atom stereocenters. The lowest BCUT2D eigenvalue weighted by Crippen LogP contribution is -2.33. The summed E-state index contributed by atoms with van der Waals surface area (Å²) in [6.45, 7) is 7.27. The minimum atomic E-state index is -0.0416. The average molecular weight is 380 g/mol. The van der Waals surface area contributed by atoms with E-state index in [1.165, 1.54) is 24.8 Å². The van der Waals surface area contributed by atoms with E-state index in [4.69, 9.17) is 4.74 Å². The smallest absolute Gasteiger partial charge is 0.252 e. The molecule has 6 nitrogen and oxygen atoms in total. The molecule has 0 spiro atoms. The zero-order valence-electron chi connectivity index (χ0n) is 17.1. The SMILES string of the molecule is CCN(C(=O)COC)c1ccc2cc(-c3n[nH]c4c3CCC(C)(C)C4)[nH]c2c1. The second-order valence-electron chi connectivity index (χ2n) is 8.40. The van der Waals surface area contributed by atoms with E-state index in [0.29, 0.717) is 12.0 Å². The molecule has 148 valence electrons. The molecule has 2 aromatic heterocycles. The number of nitrogens with zero attached hydrogens (tertiary/aromatic N) is 2. The van der Waals surface area contributed by atoms with E-state index in [2.05, 4.69) is 41.2 Å². The number of anilines is 1. The molecular weight excluding hydrogens is 352 g/mol. The number of nitrogens with one attached hydrogen (secondary N) is 2. The summed E-state index contributed by atoms with van der Waals surface area (Å²) in [5.41, 5.74) is 6.83. The third kappa shape index (κ3) is 3.33. The molecule has 1 aliphatic rings. The monoisotopic (exact) mass is 380 g/mol. The van der Waals surface area contributed by atoms with Crippen LogP contribution in [-0.2, 0) is 22.4 Å². The number of likely N-dealkylation sites (N-methyl/N-ethyl adjacent to an activating group) is 1. The molecule has 0 bridgehead atoms. The fourth-order valence-electron chi connectivity index (χ4n) is 4.18. The molecule has 2 heterocycles. The number of aromatic amines is 2. The Labute approximate surface area is 165 Å². The van der Waals surface area contributed by atoms with Gasteiger partial charge in [-0.25, -0.2) is 0 Å². The van der Waals surface area contributed by atoms with Crippen LogP contribution in [0.3, 0.4) is 0 Å². The molecule has 3 aromatic rings. The number of H-pyrrole nitrogens is 2. The highest BCUT2D eigenvalue weighted by Crippen LogP contribution is 2.38. The third-order valence-electron chi connectivity index (χ3n) is 5.72. The Morgan fingerprint density at radius 1 is 1.32 bits per heavy atom. The number of carbonyl (C=O) groups excluding carboxylic acids is 1. The molecule has 0 radical (unpaired) electrons. The summed E-state index contributed by atoms with van der Waals surface area (Å²) in [6.07, 6.45) is 3.25. The Balaban J connectivity index is 1.68. The standard InChI is InChI=1S/C22H28N4O2/c1-5-26(20(27)13-28-4)15-7-6-14-10-18(23-17(14)11-15)21-16-8-9-22(2,3)12-19(16)24-25-21/h6-7,10-11,23H,5,8-9,12-13H2,1-4H3,(H,24,25). The van der Waals surface area contributed by atoms with E-state index < -0.39 is 0 Å². The number of methoxy groups -OCH3 is 1. The topological polar surface area (TPSA) is 74.0 Å². The van der Waals surface area contributed by atoms with E-state index in [9.17, 15) is 4.79 Å². The van der Waals surface area contributed by atoms with Gasteiger partial charge in [0.25, 0.3) is 5.91 Å². The molecule has 0 saturated carbocycles. The van der Waals surface area contributed by atoms with Crippen LogP contribution in [0.2, 0.25) is 0 Å². The maximum absolute atomic E-state index is 12.3. The fourth-order valence-corrected chi connectivity index (χ4v) is 4.18. The second kappa shape index (κ2) is 7.09. The van der Waals surface area contributed by atoms with Crippen LogP contribution in [0.5, 0.6) is 0 Å². The van der Waals surface area contributed by atoms with Crippen molar-refractivity contribution in [1.82, 2.24) is 15.2 Å². The summed E-state index contributed by atoms with van der Waals surface area (Å²) in [4.78, 5) is 17.5. The quantitative estimate of drug-likeness (QED) is 0.701. The Bertz CT molecular complexity index is 1010. The molecule has 0 saturated heterocycles. The van der Waals surface area contributed by atoms with Gasteiger partial charge in [-0.2, -0.15) is 5.10 Å². The molecule has 0 aliphatic heterocycles. The van der Waals surface area contributed by atoms with Crippen LogP contribution in [-0.4, -0.2) is 41.3 Å². The van der Waals surface area contributed by atoms with Crippen LogP contribution in [0.4, 0.5) is 5.69 Å². The zero-order chi connectivity index (χ0) is 19.9. The molecule has 1 aliphatic carbocycles. The van der Waals surface area contributed by atoms with Gasteiger partial charge in [0.05, 0.1) is 5.69 Å². The number of amides is 1. The van der Waals surface area contributed by atoms with Crippen molar-refractivity contribution in [2.45, 2.75) is 40.0 Å². The first-order chi connectivity index (χ1) is 13.4. The Hall–Kier alpha value is -2.60. The number of fused-ring (bicyclic) bond motifs is 2. The molecule has 0 unspecified atom stereocenters. The van der Waals surface area contributed by atoms with E-state index in [1.54, 1.807) is 4.90 Å². The maximum Gasteiger partial charge on any atom is 0.252 e. The van der Waals surface area contributed by atoms with Crippen molar-refractivity contribution in [2.24, 2.45) is 5.41 Å². The molecule has 28 heavy (non-hydrogen) atoms. The lowest BCUT2D eigenvalue weighted by molar-refractivity contribution is -0.122. The summed E-state index contributed by atoms with van der Waals surface area (Å²) in [5.74, 6) is -0.0416. The predicted octanol–water partition coefficient (Wildman–Crippen LogP) is 4.07. The summed E-state index contributed by atoms with van der Waals surface area (Å²) in [7, 11) is 1.54. The van der Waals surface area contributed by atoms with Gasteiger partial charge in [0.15, 0.2) is 0 Å². The number of aromatic nitrogens is 3.